The first kappa shape index (κ1) is 15.0. The van der Waals surface area contributed by atoms with Gasteiger partial charge in [-0.15, -0.1) is 0 Å². The second kappa shape index (κ2) is 7.41. The second-order valence-corrected chi connectivity index (χ2v) is 4.38. The van der Waals surface area contributed by atoms with Crippen molar-refractivity contribution in [3.8, 4) is 0 Å². The predicted octanol–water partition coefficient (Wildman–Crippen LogP) is 1.80. The van der Waals surface area contributed by atoms with Crippen molar-refractivity contribution < 1.29 is 9.59 Å². The van der Waals surface area contributed by atoms with E-state index >= 15 is 0 Å². The lowest BCUT2D eigenvalue weighted by Crippen LogP contribution is -2.25. The number of nitrogens with one attached hydrogen (secondary N) is 2. The highest BCUT2D eigenvalue weighted by atomic mass is 16.1. The van der Waals surface area contributed by atoms with Gasteiger partial charge in [-0.25, -0.2) is 0 Å². The molecule has 1 aromatic carbocycles. The second-order valence-electron chi connectivity index (χ2n) is 4.38. The van der Waals surface area contributed by atoms with Crippen molar-refractivity contribution in [2.75, 3.05) is 24.1 Å². The molecule has 0 aliphatic carbocycles. The number of carbonyl (C=O) groups excluding carboxylic acids is 2. The number of benzene rings is 1. The van der Waals surface area contributed by atoms with Crippen molar-refractivity contribution in [3.63, 3.8) is 0 Å². The summed E-state index contributed by atoms with van der Waals surface area (Å²) in [5.41, 5.74) is 7.48. The lowest BCUT2D eigenvalue weighted by molar-refractivity contribution is -0.120. The summed E-state index contributed by atoms with van der Waals surface area (Å²) >= 11 is 0. The van der Waals surface area contributed by atoms with E-state index in [9.17, 15) is 9.59 Å². The molecule has 5 heteroatoms. The number of nitrogen functional groups attached to an aromatic ring is 1. The predicted molar refractivity (Wildman–Crippen MR) is 77.3 cm³/mol. The molecule has 0 saturated heterocycles. The van der Waals surface area contributed by atoms with Gasteiger partial charge in [0.15, 0.2) is 5.78 Å². The molecule has 0 bridgehead atoms. The number of rotatable bonds is 7. The van der Waals surface area contributed by atoms with Crippen LogP contribution < -0.4 is 16.4 Å². The highest BCUT2D eigenvalue weighted by Crippen LogP contribution is 2.18. The number of anilines is 2. The molecule has 0 atom stereocenters. The minimum atomic E-state index is -0.0677. The fraction of sp³-hybridized carbons (Fsp3) is 0.429. The zero-order chi connectivity index (χ0) is 14.3. The molecule has 0 fully saturated rings. The molecule has 104 valence electrons. The Morgan fingerprint density at radius 3 is 2.63 bits per heavy atom. The molecule has 0 radical (unpaired) electrons. The SMILES string of the molecule is CCCNC(=O)CCNc1ccc(N)c(C(C)=O)c1. The summed E-state index contributed by atoms with van der Waals surface area (Å²) < 4.78 is 0. The Bertz CT molecular complexity index is 458. The number of nitrogens with two attached hydrogens (primary N) is 1. The van der Waals surface area contributed by atoms with E-state index in [0.717, 1.165) is 12.1 Å². The highest BCUT2D eigenvalue weighted by molar-refractivity contribution is 6.00. The molecule has 5 nitrogen and oxygen atoms in total. The van der Waals surface area contributed by atoms with Crippen LogP contribution in [0, 0.1) is 0 Å². The number of amides is 1. The smallest absolute Gasteiger partial charge is 0.221 e. The van der Waals surface area contributed by atoms with E-state index in [4.69, 9.17) is 5.73 Å². The third kappa shape index (κ3) is 4.99. The molecule has 0 aromatic heterocycles. The zero-order valence-electron chi connectivity index (χ0n) is 11.5. The van der Waals surface area contributed by atoms with E-state index in [1.54, 1.807) is 18.2 Å². The average molecular weight is 263 g/mol. The van der Waals surface area contributed by atoms with Gasteiger partial charge in [0.05, 0.1) is 0 Å². The van der Waals surface area contributed by atoms with Crippen molar-refractivity contribution in [2.45, 2.75) is 26.7 Å². The molecule has 0 aliphatic heterocycles. The highest BCUT2D eigenvalue weighted by Gasteiger charge is 2.06. The molecule has 19 heavy (non-hydrogen) atoms. The van der Waals surface area contributed by atoms with Gasteiger partial charge in [0.25, 0.3) is 0 Å². The fourth-order valence-corrected chi connectivity index (χ4v) is 1.64. The molecule has 0 heterocycles. The first-order chi connectivity index (χ1) is 9.04. The van der Waals surface area contributed by atoms with E-state index < -0.39 is 0 Å². The first-order valence-corrected chi connectivity index (χ1v) is 6.45. The number of hydrogen-bond acceptors (Lipinski definition) is 4. The van der Waals surface area contributed by atoms with Crippen LogP contribution in [0.15, 0.2) is 18.2 Å². The van der Waals surface area contributed by atoms with Crippen LogP contribution in [0.4, 0.5) is 11.4 Å². The minimum absolute atomic E-state index is 0.0246. The lowest BCUT2D eigenvalue weighted by Gasteiger charge is -2.09. The quantitative estimate of drug-likeness (QED) is 0.517. The van der Waals surface area contributed by atoms with Crippen LogP contribution in [0.2, 0.25) is 0 Å². The van der Waals surface area contributed by atoms with Crippen molar-refractivity contribution >= 4 is 23.1 Å². The van der Waals surface area contributed by atoms with Gasteiger partial charge in [-0.05, 0) is 31.5 Å². The zero-order valence-corrected chi connectivity index (χ0v) is 11.5. The summed E-state index contributed by atoms with van der Waals surface area (Å²) in [6, 6.07) is 5.20. The van der Waals surface area contributed by atoms with E-state index in [1.807, 2.05) is 6.92 Å². The molecule has 0 aliphatic rings. The van der Waals surface area contributed by atoms with Crippen molar-refractivity contribution in [2.24, 2.45) is 0 Å². The van der Waals surface area contributed by atoms with Crippen LogP contribution in [0.1, 0.15) is 37.0 Å². The monoisotopic (exact) mass is 263 g/mol. The Kier molecular flexibility index (Phi) is 5.85. The van der Waals surface area contributed by atoms with Gasteiger partial charge in [0.1, 0.15) is 0 Å². The maximum absolute atomic E-state index is 11.4. The standard InChI is InChI=1S/C14H21N3O2/c1-3-7-17-14(19)6-8-16-11-4-5-13(15)12(9-11)10(2)18/h4-5,9,16H,3,6-8,15H2,1-2H3,(H,17,19). The third-order valence-electron chi connectivity index (χ3n) is 2.69. The van der Waals surface area contributed by atoms with Crippen LogP contribution in [-0.2, 0) is 4.79 Å². The molecule has 1 rings (SSSR count). The Hall–Kier alpha value is -2.04. The Balaban J connectivity index is 2.48. The third-order valence-corrected chi connectivity index (χ3v) is 2.69. The minimum Gasteiger partial charge on any atom is -0.398 e. The average Bonchev–Trinajstić information content (AvgIpc) is 2.38. The molecule has 0 saturated carbocycles. The van der Waals surface area contributed by atoms with Crippen LogP contribution in [0.5, 0.6) is 0 Å². The number of ketones is 1. The van der Waals surface area contributed by atoms with Gasteiger partial charge >= 0.3 is 0 Å². The van der Waals surface area contributed by atoms with E-state index in [2.05, 4.69) is 10.6 Å². The molecule has 1 amide bonds. The van der Waals surface area contributed by atoms with Gasteiger partial charge in [-0.2, -0.15) is 0 Å². The lowest BCUT2D eigenvalue weighted by atomic mass is 10.1. The van der Waals surface area contributed by atoms with Crippen molar-refractivity contribution in [1.82, 2.24) is 5.32 Å². The summed E-state index contributed by atoms with van der Waals surface area (Å²) in [6.07, 6.45) is 1.33. The van der Waals surface area contributed by atoms with Gasteiger partial charge in [0, 0.05) is 36.4 Å². The fourth-order valence-electron chi connectivity index (χ4n) is 1.64. The summed E-state index contributed by atoms with van der Waals surface area (Å²) in [6.45, 7) is 4.72. The van der Waals surface area contributed by atoms with Crippen molar-refractivity contribution in [1.29, 1.82) is 0 Å². The largest absolute Gasteiger partial charge is 0.398 e. The van der Waals surface area contributed by atoms with E-state index in [1.165, 1.54) is 6.92 Å². The summed E-state index contributed by atoms with van der Waals surface area (Å²) in [4.78, 5) is 22.7. The normalized spacial score (nSPS) is 10.0. The van der Waals surface area contributed by atoms with Gasteiger partial charge in [-0.1, -0.05) is 6.92 Å². The van der Waals surface area contributed by atoms with Gasteiger partial charge in [0.2, 0.25) is 5.91 Å². The Morgan fingerprint density at radius 2 is 2.00 bits per heavy atom. The first-order valence-electron chi connectivity index (χ1n) is 6.45. The molecule has 4 N–H and O–H groups in total. The maximum Gasteiger partial charge on any atom is 0.221 e. The van der Waals surface area contributed by atoms with Crippen LogP contribution in [0.3, 0.4) is 0 Å². The summed E-state index contributed by atoms with van der Waals surface area (Å²) in [5, 5.41) is 5.91. The maximum atomic E-state index is 11.4. The number of carbonyl (C=O) groups is 2. The van der Waals surface area contributed by atoms with Crippen LogP contribution in [0.25, 0.3) is 0 Å². The van der Waals surface area contributed by atoms with Gasteiger partial charge in [-0.3, -0.25) is 9.59 Å². The number of hydrogen-bond donors (Lipinski definition) is 3. The van der Waals surface area contributed by atoms with Crippen LogP contribution in [-0.4, -0.2) is 24.8 Å². The van der Waals surface area contributed by atoms with Crippen molar-refractivity contribution in [3.05, 3.63) is 23.8 Å². The van der Waals surface area contributed by atoms with Crippen LogP contribution >= 0.6 is 0 Å². The molecule has 0 unspecified atom stereocenters. The van der Waals surface area contributed by atoms with Gasteiger partial charge < -0.3 is 16.4 Å². The van der Waals surface area contributed by atoms with E-state index in [-0.39, 0.29) is 11.7 Å². The topological polar surface area (TPSA) is 84.2 Å². The number of Topliss-reactive ketones (excluding diaryl/α,β-unsaturated/α-hetero) is 1. The van der Waals surface area contributed by atoms with E-state index in [0.29, 0.717) is 30.8 Å². The summed E-state index contributed by atoms with van der Waals surface area (Å²) in [5.74, 6) is -0.0431. The Morgan fingerprint density at radius 1 is 1.26 bits per heavy atom. The molecular formula is C14H21N3O2. The molecular weight excluding hydrogens is 242 g/mol. The summed E-state index contributed by atoms with van der Waals surface area (Å²) in [7, 11) is 0. The Labute approximate surface area is 113 Å². The molecule has 1 aromatic rings. The molecule has 0 spiro atoms.